The SMILES string of the molecule is CCCN(C)CCc1c[nH]c2cc(C)c(OC)cc12. The molecule has 1 aromatic carbocycles. The Labute approximate surface area is 115 Å². The van der Waals surface area contributed by atoms with Gasteiger partial charge < -0.3 is 14.6 Å². The number of aromatic amines is 1. The molecule has 0 spiro atoms. The highest BCUT2D eigenvalue weighted by Gasteiger charge is 2.08. The number of nitrogens with one attached hydrogen (secondary N) is 1. The Morgan fingerprint density at radius 1 is 1.26 bits per heavy atom. The smallest absolute Gasteiger partial charge is 0.122 e. The van der Waals surface area contributed by atoms with Crippen molar-refractivity contribution in [3.05, 3.63) is 29.5 Å². The van der Waals surface area contributed by atoms with Crippen LogP contribution in [-0.2, 0) is 6.42 Å². The van der Waals surface area contributed by atoms with Crippen LogP contribution in [0.25, 0.3) is 10.9 Å². The molecule has 0 unspecified atom stereocenters. The second kappa shape index (κ2) is 6.11. The van der Waals surface area contributed by atoms with Crippen molar-refractivity contribution in [2.75, 3.05) is 27.2 Å². The van der Waals surface area contributed by atoms with Crippen LogP contribution < -0.4 is 4.74 Å². The highest BCUT2D eigenvalue weighted by atomic mass is 16.5. The molecular weight excluding hydrogens is 236 g/mol. The van der Waals surface area contributed by atoms with Gasteiger partial charge in [-0.3, -0.25) is 0 Å². The lowest BCUT2D eigenvalue weighted by atomic mass is 10.1. The Hall–Kier alpha value is -1.48. The van der Waals surface area contributed by atoms with Crippen molar-refractivity contribution in [2.24, 2.45) is 0 Å². The lowest BCUT2D eigenvalue weighted by Crippen LogP contribution is -2.21. The number of aryl methyl sites for hydroxylation is 1. The molecule has 104 valence electrons. The molecule has 0 aliphatic heterocycles. The summed E-state index contributed by atoms with van der Waals surface area (Å²) in [6.07, 6.45) is 4.41. The Balaban J connectivity index is 2.19. The van der Waals surface area contributed by atoms with Crippen molar-refractivity contribution in [2.45, 2.75) is 26.7 Å². The number of likely N-dealkylation sites (N-methyl/N-ethyl adjacent to an activating group) is 1. The van der Waals surface area contributed by atoms with Crippen molar-refractivity contribution >= 4 is 10.9 Å². The molecule has 0 saturated carbocycles. The molecule has 3 heteroatoms. The minimum atomic E-state index is 0.968. The molecule has 3 nitrogen and oxygen atoms in total. The van der Waals surface area contributed by atoms with E-state index in [0.29, 0.717) is 0 Å². The first-order chi connectivity index (χ1) is 9.15. The average Bonchev–Trinajstić information content (AvgIpc) is 2.77. The second-order valence-electron chi connectivity index (χ2n) is 5.23. The number of hydrogen-bond donors (Lipinski definition) is 1. The second-order valence-corrected chi connectivity index (χ2v) is 5.23. The number of rotatable bonds is 6. The predicted molar refractivity (Wildman–Crippen MR) is 81.1 cm³/mol. The molecule has 0 amide bonds. The average molecular weight is 260 g/mol. The molecular formula is C16H24N2O. The molecule has 19 heavy (non-hydrogen) atoms. The zero-order valence-electron chi connectivity index (χ0n) is 12.4. The van der Waals surface area contributed by atoms with E-state index in [1.165, 1.54) is 28.5 Å². The number of fused-ring (bicyclic) bond motifs is 1. The Bertz CT molecular complexity index is 545. The van der Waals surface area contributed by atoms with Gasteiger partial charge in [-0.2, -0.15) is 0 Å². The zero-order chi connectivity index (χ0) is 13.8. The molecule has 0 aliphatic carbocycles. The van der Waals surface area contributed by atoms with Crippen molar-refractivity contribution < 1.29 is 4.74 Å². The van der Waals surface area contributed by atoms with Gasteiger partial charge in [-0.1, -0.05) is 6.92 Å². The third-order valence-corrected chi connectivity index (χ3v) is 3.65. The van der Waals surface area contributed by atoms with Crippen molar-refractivity contribution in [3.63, 3.8) is 0 Å². The molecule has 2 rings (SSSR count). The van der Waals surface area contributed by atoms with Gasteiger partial charge >= 0.3 is 0 Å². The third kappa shape index (κ3) is 3.10. The Morgan fingerprint density at radius 3 is 2.74 bits per heavy atom. The Kier molecular flexibility index (Phi) is 4.48. The molecule has 0 saturated heterocycles. The summed E-state index contributed by atoms with van der Waals surface area (Å²) in [5.74, 6) is 0.968. The van der Waals surface area contributed by atoms with Crippen molar-refractivity contribution in [1.29, 1.82) is 0 Å². The molecule has 0 bridgehead atoms. The van der Waals surface area contributed by atoms with Crippen LogP contribution in [0, 0.1) is 6.92 Å². The monoisotopic (exact) mass is 260 g/mol. The van der Waals surface area contributed by atoms with Crippen LogP contribution in [0.1, 0.15) is 24.5 Å². The maximum atomic E-state index is 5.42. The molecule has 0 aliphatic rings. The van der Waals surface area contributed by atoms with E-state index in [1.807, 2.05) is 0 Å². The summed E-state index contributed by atoms with van der Waals surface area (Å²) in [5.41, 5.74) is 3.74. The number of methoxy groups -OCH3 is 1. The lowest BCUT2D eigenvalue weighted by molar-refractivity contribution is 0.339. The number of H-pyrrole nitrogens is 1. The van der Waals surface area contributed by atoms with Crippen molar-refractivity contribution in [3.8, 4) is 5.75 Å². The van der Waals surface area contributed by atoms with Gasteiger partial charge in [0.25, 0.3) is 0 Å². The number of nitrogens with zero attached hydrogens (tertiary/aromatic N) is 1. The van der Waals surface area contributed by atoms with E-state index in [2.05, 4.69) is 49.1 Å². The van der Waals surface area contributed by atoms with Crippen molar-refractivity contribution in [1.82, 2.24) is 9.88 Å². The van der Waals surface area contributed by atoms with E-state index < -0.39 is 0 Å². The summed E-state index contributed by atoms with van der Waals surface area (Å²) in [5, 5.41) is 1.28. The van der Waals surface area contributed by atoms with Crippen LogP contribution in [0.15, 0.2) is 18.3 Å². The van der Waals surface area contributed by atoms with Gasteiger partial charge in [-0.05, 0) is 56.6 Å². The molecule has 0 atom stereocenters. The Morgan fingerprint density at radius 2 is 2.05 bits per heavy atom. The minimum absolute atomic E-state index is 0.968. The van der Waals surface area contributed by atoms with E-state index in [4.69, 9.17) is 4.74 Å². The molecule has 1 heterocycles. The van der Waals surface area contributed by atoms with Gasteiger partial charge in [0.2, 0.25) is 0 Å². The largest absolute Gasteiger partial charge is 0.496 e. The lowest BCUT2D eigenvalue weighted by Gasteiger charge is -2.14. The van der Waals surface area contributed by atoms with Crippen LogP contribution in [-0.4, -0.2) is 37.1 Å². The fourth-order valence-electron chi connectivity index (χ4n) is 2.55. The maximum absolute atomic E-state index is 5.42. The van der Waals surface area contributed by atoms with Gasteiger partial charge in [-0.25, -0.2) is 0 Å². The molecule has 0 fully saturated rings. The summed E-state index contributed by atoms with van der Waals surface area (Å²) in [6, 6.07) is 4.31. The molecule has 1 N–H and O–H groups in total. The number of hydrogen-bond acceptors (Lipinski definition) is 2. The van der Waals surface area contributed by atoms with E-state index in [9.17, 15) is 0 Å². The fraction of sp³-hybridized carbons (Fsp3) is 0.500. The first-order valence-corrected chi connectivity index (χ1v) is 6.98. The fourth-order valence-corrected chi connectivity index (χ4v) is 2.55. The summed E-state index contributed by atoms with van der Waals surface area (Å²) in [7, 11) is 3.92. The van der Waals surface area contributed by atoms with Crippen LogP contribution in [0.4, 0.5) is 0 Å². The highest BCUT2D eigenvalue weighted by Crippen LogP contribution is 2.27. The van der Waals surface area contributed by atoms with E-state index in [1.54, 1.807) is 7.11 Å². The summed E-state index contributed by atoms with van der Waals surface area (Å²) in [4.78, 5) is 5.74. The number of aromatic nitrogens is 1. The molecule has 2 aromatic rings. The standard InChI is InChI=1S/C16H24N2O/c1-5-7-18(3)8-6-13-11-17-15-9-12(2)16(19-4)10-14(13)15/h9-11,17H,5-8H2,1-4H3. The predicted octanol–water partition coefficient (Wildman–Crippen LogP) is 3.37. The van der Waals surface area contributed by atoms with Gasteiger partial charge in [-0.15, -0.1) is 0 Å². The topological polar surface area (TPSA) is 28.3 Å². The van der Waals surface area contributed by atoms with Crippen LogP contribution in [0.5, 0.6) is 5.75 Å². The number of benzene rings is 1. The van der Waals surface area contributed by atoms with E-state index in [0.717, 1.165) is 25.3 Å². The van der Waals surface area contributed by atoms with Gasteiger partial charge in [0.15, 0.2) is 0 Å². The van der Waals surface area contributed by atoms with Gasteiger partial charge in [0.05, 0.1) is 7.11 Å². The van der Waals surface area contributed by atoms with E-state index >= 15 is 0 Å². The zero-order valence-corrected chi connectivity index (χ0v) is 12.4. The van der Waals surface area contributed by atoms with Crippen LogP contribution >= 0.6 is 0 Å². The quantitative estimate of drug-likeness (QED) is 0.862. The highest BCUT2D eigenvalue weighted by molar-refractivity contribution is 5.85. The van der Waals surface area contributed by atoms with Crippen LogP contribution in [0.2, 0.25) is 0 Å². The van der Waals surface area contributed by atoms with Gasteiger partial charge in [0.1, 0.15) is 5.75 Å². The normalized spacial score (nSPS) is 11.4. The first kappa shape index (κ1) is 13.9. The summed E-state index contributed by atoms with van der Waals surface area (Å²) in [6.45, 7) is 6.55. The number of ether oxygens (including phenoxy) is 1. The molecule has 0 radical (unpaired) electrons. The summed E-state index contributed by atoms with van der Waals surface area (Å²) >= 11 is 0. The van der Waals surface area contributed by atoms with Crippen LogP contribution in [0.3, 0.4) is 0 Å². The third-order valence-electron chi connectivity index (χ3n) is 3.65. The van der Waals surface area contributed by atoms with Gasteiger partial charge in [0, 0.05) is 23.6 Å². The first-order valence-electron chi connectivity index (χ1n) is 6.98. The van der Waals surface area contributed by atoms with E-state index in [-0.39, 0.29) is 0 Å². The molecule has 1 aromatic heterocycles. The maximum Gasteiger partial charge on any atom is 0.122 e. The minimum Gasteiger partial charge on any atom is -0.496 e. The summed E-state index contributed by atoms with van der Waals surface area (Å²) < 4.78 is 5.42.